The van der Waals surface area contributed by atoms with Gasteiger partial charge in [0.15, 0.2) is 0 Å². The van der Waals surface area contributed by atoms with E-state index < -0.39 is 5.79 Å². The van der Waals surface area contributed by atoms with Crippen molar-refractivity contribution < 1.29 is 9.94 Å². The van der Waals surface area contributed by atoms with E-state index in [4.69, 9.17) is 11.4 Å². The molecule has 0 aromatic carbocycles. The van der Waals surface area contributed by atoms with Gasteiger partial charge in [0.05, 0.1) is 13.0 Å². The lowest BCUT2D eigenvalue weighted by atomic mass is 10.1. The summed E-state index contributed by atoms with van der Waals surface area (Å²) in [6.07, 6.45) is 0.366. The van der Waals surface area contributed by atoms with Crippen LogP contribution in [-0.2, 0) is 4.84 Å². The van der Waals surface area contributed by atoms with Crippen molar-refractivity contribution in [1.82, 2.24) is 0 Å². The SMILES string of the molecule is [C-]#[N+]c1ccc(C2=NOC(C)(O)C2)s1. The van der Waals surface area contributed by atoms with E-state index in [2.05, 4.69) is 10.0 Å². The average molecular weight is 208 g/mol. The molecule has 0 aliphatic carbocycles. The lowest BCUT2D eigenvalue weighted by Gasteiger charge is -2.11. The maximum atomic E-state index is 9.50. The van der Waals surface area contributed by atoms with Crippen molar-refractivity contribution in [3.63, 3.8) is 0 Å². The molecule has 14 heavy (non-hydrogen) atoms. The third-order valence-corrected chi connectivity index (χ3v) is 2.86. The van der Waals surface area contributed by atoms with Gasteiger partial charge >= 0.3 is 0 Å². The second-order valence-electron chi connectivity index (χ2n) is 3.23. The van der Waals surface area contributed by atoms with E-state index in [1.807, 2.05) is 6.07 Å². The van der Waals surface area contributed by atoms with Crippen molar-refractivity contribution in [3.8, 4) is 0 Å². The molecular weight excluding hydrogens is 200 g/mol. The molecule has 1 N–H and O–H groups in total. The van der Waals surface area contributed by atoms with Gasteiger partial charge in [-0.05, 0) is 6.07 Å². The maximum Gasteiger partial charge on any atom is 0.241 e. The molecule has 4 nitrogen and oxygen atoms in total. The number of rotatable bonds is 1. The largest absolute Gasteiger partial charge is 0.360 e. The smallest absolute Gasteiger partial charge is 0.241 e. The molecule has 1 aliphatic rings. The second-order valence-corrected chi connectivity index (χ2v) is 4.29. The summed E-state index contributed by atoms with van der Waals surface area (Å²) in [5, 5.41) is 13.9. The molecule has 0 spiro atoms. The molecule has 0 amide bonds. The number of oxime groups is 1. The van der Waals surface area contributed by atoms with Crippen molar-refractivity contribution >= 4 is 22.0 Å². The van der Waals surface area contributed by atoms with E-state index >= 15 is 0 Å². The Morgan fingerprint density at radius 2 is 2.50 bits per heavy atom. The van der Waals surface area contributed by atoms with Crippen LogP contribution in [0.3, 0.4) is 0 Å². The molecule has 72 valence electrons. The highest BCUT2D eigenvalue weighted by atomic mass is 32.1. The molecular formula is C9H8N2O2S. The van der Waals surface area contributed by atoms with Gasteiger partial charge in [0, 0.05) is 11.8 Å². The standard InChI is InChI=1S/C9H8N2O2S/c1-9(12)5-6(11-13-9)7-3-4-8(10-2)14-7/h3-4,12H,5H2,1H3. The maximum absolute atomic E-state index is 9.50. The first-order valence-electron chi connectivity index (χ1n) is 4.06. The number of hydrogen-bond donors (Lipinski definition) is 1. The summed E-state index contributed by atoms with van der Waals surface area (Å²) in [6, 6.07) is 3.56. The predicted molar refractivity (Wildman–Crippen MR) is 53.4 cm³/mol. The van der Waals surface area contributed by atoms with Crippen LogP contribution < -0.4 is 0 Å². The number of thiophene rings is 1. The molecule has 0 bridgehead atoms. The quantitative estimate of drug-likeness (QED) is 0.718. The first kappa shape index (κ1) is 9.19. The molecule has 2 rings (SSSR count). The molecule has 1 aliphatic heterocycles. The van der Waals surface area contributed by atoms with Crippen molar-refractivity contribution in [1.29, 1.82) is 0 Å². The van der Waals surface area contributed by atoms with Gasteiger partial charge in [-0.1, -0.05) is 11.2 Å². The zero-order valence-corrected chi connectivity index (χ0v) is 8.34. The third-order valence-electron chi connectivity index (χ3n) is 1.83. The highest BCUT2D eigenvalue weighted by Crippen LogP contribution is 2.30. The van der Waals surface area contributed by atoms with Crippen molar-refractivity contribution in [2.75, 3.05) is 0 Å². The highest BCUT2D eigenvalue weighted by molar-refractivity contribution is 7.18. The molecule has 0 radical (unpaired) electrons. The van der Waals surface area contributed by atoms with E-state index in [-0.39, 0.29) is 0 Å². The van der Waals surface area contributed by atoms with Gasteiger partial charge in [0.1, 0.15) is 5.71 Å². The van der Waals surface area contributed by atoms with Gasteiger partial charge < -0.3 is 9.94 Å². The minimum absolute atomic E-state index is 0.366. The van der Waals surface area contributed by atoms with Crippen LogP contribution >= 0.6 is 11.3 Å². The van der Waals surface area contributed by atoms with Gasteiger partial charge in [-0.25, -0.2) is 4.85 Å². The van der Waals surface area contributed by atoms with Gasteiger partial charge in [-0.3, -0.25) is 0 Å². The number of aliphatic hydroxyl groups is 1. The van der Waals surface area contributed by atoms with Crippen LogP contribution in [0.15, 0.2) is 17.3 Å². The number of nitrogens with zero attached hydrogens (tertiary/aromatic N) is 2. The van der Waals surface area contributed by atoms with Crippen LogP contribution in [0.25, 0.3) is 4.85 Å². The van der Waals surface area contributed by atoms with Gasteiger partial charge in [-0.15, -0.1) is 0 Å². The monoisotopic (exact) mass is 208 g/mol. The Balaban J connectivity index is 2.22. The Labute approximate surface area is 85.3 Å². The fraction of sp³-hybridized carbons (Fsp3) is 0.333. The van der Waals surface area contributed by atoms with E-state index in [1.165, 1.54) is 11.3 Å². The Morgan fingerprint density at radius 3 is 3.00 bits per heavy atom. The summed E-state index contributed by atoms with van der Waals surface area (Å²) in [6.45, 7) is 8.38. The van der Waals surface area contributed by atoms with Crippen LogP contribution in [0.1, 0.15) is 18.2 Å². The molecule has 1 aromatic rings. The lowest BCUT2D eigenvalue weighted by molar-refractivity contribution is -0.170. The molecule has 1 aromatic heterocycles. The Hall–Kier alpha value is -1.38. The summed E-state index contributed by atoms with van der Waals surface area (Å²) in [4.78, 5) is 9.02. The topological polar surface area (TPSA) is 46.2 Å². The van der Waals surface area contributed by atoms with E-state index in [1.54, 1.807) is 13.0 Å². The lowest BCUT2D eigenvalue weighted by Crippen LogP contribution is -2.23. The minimum atomic E-state index is -1.20. The summed E-state index contributed by atoms with van der Waals surface area (Å²) < 4.78 is 0. The predicted octanol–water partition coefficient (Wildman–Crippen LogP) is 2.13. The molecule has 1 atom stereocenters. The van der Waals surface area contributed by atoms with Crippen LogP contribution in [0, 0.1) is 6.57 Å². The fourth-order valence-corrected chi connectivity index (χ4v) is 1.97. The van der Waals surface area contributed by atoms with Crippen LogP contribution in [-0.4, -0.2) is 16.6 Å². The molecule has 2 heterocycles. The average Bonchev–Trinajstić information content (AvgIpc) is 2.70. The third kappa shape index (κ3) is 1.62. The van der Waals surface area contributed by atoms with E-state index in [9.17, 15) is 5.11 Å². The summed E-state index contributed by atoms with van der Waals surface area (Å²) in [5.41, 5.74) is 0.704. The van der Waals surface area contributed by atoms with Gasteiger partial charge in [-0.2, -0.15) is 11.3 Å². The van der Waals surface area contributed by atoms with E-state index in [0.717, 1.165) is 4.88 Å². The van der Waals surface area contributed by atoms with Crippen LogP contribution in [0.5, 0.6) is 0 Å². The molecule has 0 saturated heterocycles. The molecule has 0 saturated carbocycles. The normalized spacial score (nSPS) is 25.4. The van der Waals surface area contributed by atoms with Gasteiger partial charge in [0.25, 0.3) is 0 Å². The van der Waals surface area contributed by atoms with Crippen molar-refractivity contribution in [2.45, 2.75) is 19.1 Å². The highest BCUT2D eigenvalue weighted by Gasteiger charge is 2.32. The molecule has 0 fully saturated rings. The molecule has 5 heteroatoms. The summed E-state index contributed by atoms with van der Waals surface area (Å²) in [5.74, 6) is -1.20. The van der Waals surface area contributed by atoms with Crippen molar-refractivity contribution in [3.05, 3.63) is 28.4 Å². The van der Waals surface area contributed by atoms with Crippen LogP contribution in [0.4, 0.5) is 5.00 Å². The zero-order valence-electron chi connectivity index (χ0n) is 7.52. The fourth-order valence-electron chi connectivity index (χ4n) is 1.20. The summed E-state index contributed by atoms with van der Waals surface area (Å²) >= 11 is 1.35. The number of hydrogen-bond acceptors (Lipinski definition) is 4. The zero-order chi connectivity index (χ0) is 10.2. The van der Waals surface area contributed by atoms with Gasteiger partial charge in [0.2, 0.25) is 10.8 Å². The Kier molecular flexibility index (Phi) is 2.02. The Morgan fingerprint density at radius 1 is 1.71 bits per heavy atom. The first-order chi connectivity index (χ1) is 6.61. The Bertz CT molecular complexity index is 428. The summed E-state index contributed by atoms with van der Waals surface area (Å²) in [7, 11) is 0. The molecule has 1 unspecified atom stereocenters. The van der Waals surface area contributed by atoms with Crippen LogP contribution in [0.2, 0.25) is 0 Å². The van der Waals surface area contributed by atoms with E-state index in [0.29, 0.717) is 17.1 Å². The second kappa shape index (κ2) is 3.08. The minimum Gasteiger partial charge on any atom is -0.360 e. The van der Waals surface area contributed by atoms with Crippen molar-refractivity contribution in [2.24, 2.45) is 5.16 Å². The first-order valence-corrected chi connectivity index (χ1v) is 4.87.